The van der Waals surface area contributed by atoms with Crippen molar-refractivity contribution in [2.45, 2.75) is 0 Å². The lowest BCUT2D eigenvalue weighted by atomic mass is 10.2. The van der Waals surface area contributed by atoms with E-state index in [1.807, 2.05) is 4.90 Å². The minimum Gasteiger partial charge on any atom is -0.338 e. The van der Waals surface area contributed by atoms with Gasteiger partial charge in [-0.15, -0.1) is 0 Å². The summed E-state index contributed by atoms with van der Waals surface area (Å²) in [5, 5.41) is 0. The lowest BCUT2D eigenvalue weighted by Crippen LogP contribution is -2.49. The number of rotatable bonds is 3. The van der Waals surface area contributed by atoms with Crippen molar-refractivity contribution in [2.24, 2.45) is 0 Å². The van der Waals surface area contributed by atoms with Crippen molar-refractivity contribution in [1.29, 1.82) is 0 Å². The van der Waals surface area contributed by atoms with Crippen LogP contribution >= 0.6 is 0 Å². The highest BCUT2D eigenvalue weighted by atomic mass is 16.2. The third-order valence-electron chi connectivity index (χ3n) is 5.07. The molecule has 4 heterocycles. The highest BCUT2D eigenvalue weighted by Crippen LogP contribution is 2.14. The molecule has 0 unspecified atom stereocenters. The van der Waals surface area contributed by atoms with Gasteiger partial charge in [-0.2, -0.15) is 0 Å². The molecular formula is C18H24N8O. The molecule has 0 N–H and O–H groups in total. The van der Waals surface area contributed by atoms with E-state index in [-0.39, 0.29) is 5.91 Å². The highest BCUT2D eigenvalue weighted by Gasteiger charge is 2.24. The summed E-state index contributed by atoms with van der Waals surface area (Å²) in [6, 6.07) is 1.80. The van der Waals surface area contributed by atoms with Gasteiger partial charge in [0.15, 0.2) is 0 Å². The number of carbonyl (C=O) groups excluding carboxylic acids is 1. The Bertz CT molecular complexity index is 753. The van der Waals surface area contributed by atoms with Gasteiger partial charge in [0.1, 0.15) is 0 Å². The maximum Gasteiger partial charge on any atom is 0.257 e. The topological polar surface area (TPSA) is 81.6 Å². The van der Waals surface area contributed by atoms with E-state index in [4.69, 9.17) is 0 Å². The van der Waals surface area contributed by atoms with E-state index >= 15 is 0 Å². The monoisotopic (exact) mass is 368 g/mol. The predicted octanol–water partition coefficient (Wildman–Crippen LogP) is -0.0192. The minimum absolute atomic E-state index is 0.0199. The van der Waals surface area contributed by atoms with Crippen molar-refractivity contribution in [3.05, 3.63) is 36.4 Å². The minimum atomic E-state index is -0.0199. The SMILES string of the molecule is CN1CCN(c2ncc(C(=O)N3CCN(c4ncccn4)CC3)cn2)CC1. The largest absolute Gasteiger partial charge is 0.338 e. The molecule has 9 nitrogen and oxygen atoms in total. The molecule has 2 aromatic heterocycles. The lowest BCUT2D eigenvalue weighted by Gasteiger charge is -2.34. The van der Waals surface area contributed by atoms with Crippen LogP contribution in [0.1, 0.15) is 10.4 Å². The molecule has 2 saturated heterocycles. The number of piperazine rings is 2. The molecule has 1 amide bonds. The van der Waals surface area contributed by atoms with Crippen molar-refractivity contribution < 1.29 is 4.79 Å². The van der Waals surface area contributed by atoms with Crippen LogP contribution in [0.15, 0.2) is 30.9 Å². The van der Waals surface area contributed by atoms with Crippen molar-refractivity contribution in [3.63, 3.8) is 0 Å². The molecule has 0 saturated carbocycles. The first-order valence-corrected chi connectivity index (χ1v) is 9.27. The van der Waals surface area contributed by atoms with Crippen molar-refractivity contribution in [3.8, 4) is 0 Å². The summed E-state index contributed by atoms with van der Waals surface area (Å²) in [6.07, 6.45) is 6.77. The second-order valence-electron chi connectivity index (χ2n) is 6.89. The lowest BCUT2D eigenvalue weighted by molar-refractivity contribution is 0.0745. The quantitative estimate of drug-likeness (QED) is 0.748. The van der Waals surface area contributed by atoms with Crippen molar-refractivity contribution in [2.75, 3.05) is 69.2 Å². The standard InChI is InChI=1S/C18H24N8O/c1-23-5-7-25(8-6-23)18-21-13-15(14-22-18)16(27)24-9-11-26(12-10-24)17-19-3-2-4-20-17/h2-4,13-14H,5-12H2,1H3. The van der Waals surface area contributed by atoms with Gasteiger partial charge in [0, 0.05) is 77.1 Å². The van der Waals surface area contributed by atoms with E-state index in [1.54, 1.807) is 30.9 Å². The molecule has 2 aliphatic heterocycles. The van der Waals surface area contributed by atoms with Crippen LogP contribution in [0.25, 0.3) is 0 Å². The Kier molecular flexibility index (Phi) is 5.10. The number of hydrogen-bond donors (Lipinski definition) is 0. The Labute approximate surface area is 158 Å². The van der Waals surface area contributed by atoms with Crippen LogP contribution in [-0.2, 0) is 0 Å². The van der Waals surface area contributed by atoms with Crippen molar-refractivity contribution in [1.82, 2.24) is 29.7 Å². The fourth-order valence-electron chi connectivity index (χ4n) is 3.35. The second-order valence-corrected chi connectivity index (χ2v) is 6.89. The fourth-order valence-corrected chi connectivity index (χ4v) is 3.35. The molecular weight excluding hydrogens is 344 g/mol. The third-order valence-corrected chi connectivity index (χ3v) is 5.07. The van der Waals surface area contributed by atoms with Crippen LogP contribution < -0.4 is 9.80 Å². The Morgan fingerprint density at radius 1 is 0.778 bits per heavy atom. The predicted molar refractivity (Wildman–Crippen MR) is 102 cm³/mol. The number of likely N-dealkylation sites (N-methyl/N-ethyl adjacent to an activating group) is 1. The highest BCUT2D eigenvalue weighted by molar-refractivity contribution is 5.93. The van der Waals surface area contributed by atoms with Crippen LogP contribution in [0, 0.1) is 0 Å². The normalized spacial score (nSPS) is 18.6. The molecule has 0 radical (unpaired) electrons. The number of anilines is 2. The number of amides is 1. The molecule has 27 heavy (non-hydrogen) atoms. The molecule has 0 atom stereocenters. The van der Waals surface area contributed by atoms with E-state index in [0.29, 0.717) is 30.5 Å². The zero-order chi connectivity index (χ0) is 18.6. The summed E-state index contributed by atoms with van der Waals surface area (Å²) >= 11 is 0. The van der Waals surface area contributed by atoms with Crippen molar-refractivity contribution >= 4 is 17.8 Å². The molecule has 142 valence electrons. The molecule has 0 spiro atoms. The number of nitrogens with zero attached hydrogens (tertiary/aromatic N) is 8. The summed E-state index contributed by atoms with van der Waals surface area (Å²) in [6.45, 7) is 6.53. The molecule has 0 aliphatic carbocycles. The first kappa shape index (κ1) is 17.6. The summed E-state index contributed by atoms with van der Waals surface area (Å²) in [5.41, 5.74) is 0.539. The summed E-state index contributed by atoms with van der Waals surface area (Å²) < 4.78 is 0. The van der Waals surface area contributed by atoms with Gasteiger partial charge in [-0.25, -0.2) is 19.9 Å². The van der Waals surface area contributed by atoms with Gasteiger partial charge in [-0.05, 0) is 13.1 Å². The Morgan fingerprint density at radius 2 is 1.30 bits per heavy atom. The smallest absolute Gasteiger partial charge is 0.257 e. The van der Waals surface area contributed by atoms with E-state index in [1.165, 1.54) is 0 Å². The zero-order valence-corrected chi connectivity index (χ0v) is 15.5. The third kappa shape index (κ3) is 3.97. The second kappa shape index (κ2) is 7.83. The molecule has 2 aliphatic rings. The Hall–Kier alpha value is -2.81. The molecule has 0 aromatic carbocycles. The number of carbonyl (C=O) groups is 1. The van der Waals surface area contributed by atoms with E-state index in [0.717, 1.165) is 39.3 Å². The molecule has 9 heteroatoms. The van der Waals surface area contributed by atoms with E-state index in [9.17, 15) is 4.79 Å². The van der Waals surface area contributed by atoms with Gasteiger partial charge in [0.25, 0.3) is 5.91 Å². The number of aromatic nitrogens is 4. The molecule has 2 aromatic rings. The van der Waals surface area contributed by atoms with E-state index in [2.05, 4.69) is 41.7 Å². The van der Waals surface area contributed by atoms with Gasteiger partial charge in [0.2, 0.25) is 11.9 Å². The van der Waals surface area contributed by atoms with Crippen LogP contribution in [-0.4, -0.2) is 95.0 Å². The summed E-state index contributed by atoms with van der Waals surface area (Å²) in [7, 11) is 2.11. The van der Waals surface area contributed by atoms with Gasteiger partial charge in [-0.3, -0.25) is 4.79 Å². The van der Waals surface area contributed by atoms with Crippen LogP contribution in [0.4, 0.5) is 11.9 Å². The summed E-state index contributed by atoms with van der Waals surface area (Å²) in [4.78, 5) is 38.5. The fraction of sp³-hybridized carbons (Fsp3) is 0.500. The Balaban J connectivity index is 1.35. The van der Waals surface area contributed by atoms with Gasteiger partial charge >= 0.3 is 0 Å². The summed E-state index contributed by atoms with van der Waals surface area (Å²) in [5.74, 6) is 1.39. The maximum atomic E-state index is 12.7. The van der Waals surface area contributed by atoms with Crippen LogP contribution in [0.3, 0.4) is 0 Å². The first-order valence-electron chi connectivity index (χ1n) is 9.27. The molecule has 4 rings (SSSR count). The Morgan fingerprint density at radius 3 is 1.89 bits per heavy atom. The number of hydrogen-bond acceptors (Lipinski definition) is 8. The zero-order valence-electron chi connectivity index (χ0n) is 15.5. The first-order chi connectivity index (χ1) is 13.2. The molecule has 0 bridgehead atoms. The average Bonchev–Trinajstić information content (AvgIpc) is 2.75. The van der Waals surface area contributed by atoms with Gasteiger partial charge in [0.05, 0.1) is 5.56 Å². The van der Waals surface area contributed by atoms with Gasteiger partial charge < -0.3 is 19.6 Å². The van der Waals surface area contributed by atoms with Crippen LogP contribution in [0.2, 0.25) is 0 Å². The van der Waals surface area contributed by atoms with Gasteiger partial charge in [-0.1, -0.05) is 0 Å². The van der Waals surface area contributed by atoms with E-state index < -0.39 is 0 Å². The molecule has 2 fully saturated rings. The maximum absolute atomic E-state index is 12.7. The average molecular weight is 368 g/mol. The van der Waals surface area contributed by atoms with Crippen LogP contribution in [0.5, 0.6) is 0 Å².